The molecular weight excluding hydrogens is 416 g/mol. The minimum absolute atomic E-state index is 0.0277. The number of aromatic nitrogens is 3. The van der Waals surface area contributed by atoms with Crippen molar-refractivity contribution in [3.05, 3.63) is 47.4 Å². The van der Waals surface area contributed by atoms with Gasteiger partial charge in [-0.15, -0.1) is 0 Å². The number of benzene rings is 1. The maximum Gasteiger partial charge on any atom is 0.277 e. The van der Waals surface area contributed by atoms with Gasteiger partial charge in [0.2, 0.25) is 0 Å². The molecule has 1 fully saturated rings. The first-order valence-corrected chi connectivity index (χ1v) is 10.0. The van der Waals surface area contributed by atoms with Gasteiger partial charge in [-0.05, 0) is 18.6 Å². The predicted molar refractivity (Wildman–Crippen MR) is 107 cm³/mol. The summed E-state index contributed by atoms with van der Waals surface area (Å²) in [6.07, 6.45) is 1.43. The number of ether oxygens (including phenoxy) is 1. The Balaban J connectivity index is 1.61. The summed E-state index contributed by atoms with van der Waals surface area (Å²) in [5.41, 5.74) is 6.41. The van der Waals surface area contributed by atoms with Gasteiger partial charge >= 0.3 is 0 Å². The maximum absolute atomic E-state index is 14.1. The number of anilines is 2. The molecular formula is C19H19F2N5O3S. The van der Waals surface area contributed by atoms with Crippen LogP contribution in [0.2, 0.25) is 0 Å². The van der Waals surface area contributed by atoms with Gasteiger partial charge in [-0.25, -0.2) is 13.8 Å². The minimum Gasteiger partial charge on any atom is -0.393 e. The van der Waals surface area contributed by atoms with Crippen LogP contribution >= 0.6 is 11.3 Å². The molecule has 2 atom stereocenters. The van der Waals surface area contributed by atoms with E-state index in [9.17, 15) is 18.7 Å². The van der Waals surface area contributed by atoms with Crippen molar-refractivity contribution in [1.29, 1.82) is 0 Å². The number of nitrogens with one attached hydrogen (secondary N) is 1. The topological polar surface area (TPSA) is 115 Å². The molecule has 0 saturated carbocycles. The number of thiazole rings is 1. The first kappa shape index (κ1) is 20.4. The molecule has 4 N–H and O–H groups in total. The lowest BCUT2D eigenvalue weighted by atomic mass is 10.0. The molecule has 8 nitrogen and oxygen atoms in total. The molecule has 1 amide bonds. The zero-order chi connectivity index (χ0) is 21.4. The van der Waals surface area contributed by atoms with Gasteiger partial charge in [-0.2, -0.15) is 5.10 Å². The van der Waals surface area contributed by atoms with Crippen LogP contribution in [0.25, 0.3) is 10.6 Å². The average molecular weight is 435 g/mol. The van der Waals surface area contributed by atoms with Crippen molar-refractivity contribution in [3.63, 3.8) is 0 Å². The van der Waals surface area contributed by atoms with Crippen molar-refractivity contribution in [2.45, 2.75) is 25.0 Å². The number of nitrogens with zero attached hydrogens (tertiary/aromatic N) is 3. The van der Waals surface area contributed by atoms with Gasteiger partial charge in [0.05, 0.1) is 29.2 Å². The third-order valence-corrected chi connectivity index (χ3v) is 5.74. The zero-order valence-electron chi connectivity index (χ0n) is 15.9. The molecule has 3 aromatic rings. The van der Waals surface area contributed by atoms with Crippen LogP contribution in [0.15, 0.2) is 24.4 Å². The molecule has 2 aromatic heterocycles. The van der Waals surface area contributed by atoms with Crippen molar-refractivity contribution in [2.75, 3.05) is 17.7 Å². The number of hydrogen-bond acceptors (Lipinski definition) is 7. The van der Waals surface area contributed by atoms with Crippen LogP contribution in [-0.4, -0.2) is 38.5 Å². The number of nitrogen functional groups attached to an aromatic ring is 1. The maximum atomic E-state index is 14.1. The van der Waals surface area contributed by atoms with Gasteiger partial charge in [-0.3, -0.25) is 9.48 Å². The van der Waals surface area contributed by atoms with E-state index in [0.717, 1.165) is 23.5 Å². The normalized spacial score (nSPS) is 19.1. The van der Waals surface area contributed by atoms with Crippen molar-refractivity contribution < 1.29 is 23.4 Å². The van der Waals surface area contributed by atoms with Gasteiger partial charge in [0, 0.05) is 20.1 Å². The molecule has 0 unspecified atom stereocenters. The van der Waals surface area contributed by atoms with E-state index in [1.165, 1.54) is 12.3 Å². The summed E-state index contributed by atoms with van der Waals surface area (Å²) >= 11 is 0.820. The summed E-state index contributed by atoms with van der Waals surface area (Å²) in [6, 6.07) is 3.46. The van der Waals surface area contributed by atoms with E-state index in [1.54, 1.807) is 11.7 Å². The molecule has 3 heterocycles. The van der Waals surface area contributed by atoms with Crippen LogP contribution in [0.1, 0.15) is 35.1 Å². The molecule has 0 radical (unpaired) electrons. The highest BCUT2D eigenvalue weighted by Crippen LogP contribution is 2.35. The van der Waals surface area contributed by atoms with Gasteiger partial charge in [0.25, 0.3) is 5.91 Å². The molecule has 30 heavy (non-hydrogen) atoms. The second-order valence-corrected chi connectivity index (χ2v) is 7.92. The number of amides is 1. The first-order chi connectivity index (χ1) is 14.3. The second kappa shape index (κ2) is 8.09. The largest absolute Gasteiger partial charge is 0.393 e. The molecule has 0 bridgehead atoms. The predicted octanol–water partition coefficient (Wildman–Crippen LogP) is 2.87. The summed E-state index contributed by atoms with van der Waals surface area (Å²) < 4.78 is 35.4. The molecule has 1 aliphatic rings. The standard InChI is InChI=1S/C19H19F2N5O3S/c1-26-16(13-7-9(27)5-6-29-13)12(8-23-26)24-18(28)15-17(22)30-19(25-15)14-10(20)3-2-4-11(14)21/h2-4,8-9,13,27H,5-7,22H2,1H3,(H,24,28)/t9-,13+/m0/s1. The summed E-state index contributed by atoms with van der Waals surface area (Å²) in [6.45, 7) is 0.390. The monoisotopic (exact) mass is 435 g/mol. The highest BCUT2D eigenvalue weighted by Gasteiger charge is 2.29. The fourth-order valence-electron chi connectivity index (χ4n) is 3.38. The van der Waals surface area contributed by atoms with Gasteiger partial charge in [0.1, 0.15) is 27.7 Å². The van der Waals surface area contributed by atoms with Crippen molar-refractivity contribution in [3.8, 4) is 10.6 Å². The van der Waals surface area contributed by atoms with Crippen LogP contribution in [0.3, 0.4) is 0 Å². The lowest BCUT2D eigenvalue weighted by molar-refractivity contribution is -0.0477. The number of carbonyl (C=O) groups is 1. The van der Waals surface area contributed by atoms with Gasteiger partial charge in [-0.1, -0.05) is 17.4 Å². The summed E-state index contributed by atoms with van der Waals surface area (Å²) in [5, 5.41) is 16.8. The van der Waals surface area contributed by atoms with Crippen molar-refractivity contribution >= 4 is 27.9 Å². The summed E-state index contributed by atoms with van der Waals surface area (Å²) in [4.78, 5) is 16.9. The van der Waals surface area contributed by atoms with E-state index in [4.69, 9.17) is 10.5 Å². The lowest BCUT2D eigenvalue weighted by Gasteiger charge is -2.27. The Hall–Kier alpha value is -2.89. The molecule has 1 aliphatic heterocycles. The average Bonchev–Trinajstić information content (AvgIpc) is 3.24. The van der Waals surface area contributed by atoms with Crippen LogP contribution in [-0.2, 0) is 11.8 Å². The third-order valence-electron chi connectivity index (χ3n) is 4.84. The number of carbonyl (C=O) groups excluding carboxylic acids is 1. The van der Waals surface area contributed by atoms with E-state index in [2.05, 4.69) is 15.4 Å². The minimum atomic E-state index is -0.793. The summed E-state index contributed by atoms with van der Waals surface area (Å²) in [5.74, 6) is -2.23. The lowest BCUT2D eigenvalue weighted by Crippen LogP contribution is -2.26. The zero-order valence-corrected chi connectivity index (χ0v) is 16.7. The number of hydrogen-bond donors (Lipinski definition) is 3. The SMILES string of the molecule is Cn1ncc(NC(=O)c2nc(-c3c(F)cccc3F)sc2N)c1[C@H]1C[C@@H](O)CCO1. The van der Waals surface area contributed by atoms with Gasteiger partial charge < -0.3 is 20.9 Å². The number of aryl methyl sites for hydroxylation is 1. The Morgan fingerprint density at radius 2 is 2.13 bits per heavy atom. The Morgan fingerprint density at radius 3 is 2.83 bits per heavy atom. The number of aliphatic hydroxyl groups excluding tert-OH is 1. The Kier molecular flexibility index (Phi) is 5.50. The molecule has 0 spiro atoms. The number of halogens is 2. The third kappa shape index (κ3) is 3.78. The molecule has 1 saturated heterocycles. The number of aliphatic hydroxyl groups is 1. The van der Waals surface area contributed by atoms with Crippen LogP contribution in [0, 0.1) is 11.6 Å². The Bertz CT molecular complexity index is 1080. The van der Waals surface area contributed by atoms with Crippen LogP contribution < -0.4 is 11.1 Å². The molecule has 0 aliphatic carbocycles. The van der Waals surface area contributed by atoms with E-state index < -0.39 is 29.7 Å². The molecule has 158 valence electrons. The van der Waals surface area contributed by atoms with Crippen LogP contribution in [0.4, 0.5) is 19.5 Å². The smallest absolute Gasteiger partial charge is 0.277 e. The second-order valence-electron chi connectivity index (χ2n) is 6.89. The highest BCUT2D eigenvalue weighted by atomic mass is 32.1. The quantitative estimate of drug-likeness (QED) is 0.581. The highest BCUT2D eigenvalue weighted by molar-refractivity contribution is 7.19. The van der Waals surface area contributed by atoms with E-state index in [-0.39, 0.29) is 21.3 Å². The summed E-state index contributed by atoms with van der Waals surface area (Å²) in [7, 11) is 1.70. The Labute approximate surface area is 174 Å². The molecule has 1 aromatic carbocycles. The Morgan fingerprint density at radius 1 is 1.40 bits per heavy atom. The van der Waals surface area contributed by atoms with Crippen molar-refractivity contribution in [1.82, 2.24) is 14.8 Å². The van der Waals surface area contributed by atoms with Crippen molar-refractivity contribution in [2.24, 2.45) is 7.05 Å². The van der Waals surface area contributed by atoms with E-state index in [0.29, 0.717) is 30.8 Å². The first-order valence-electron chi connectivity index (χ1n) is 9.18. The molecule has 11 heteroatoms. The number of nitrogens with two attached hydrogens (primary N) is 1. The van der Waals surface area contributed by atoms with Crippen LogP contribution in [0.5, 0.6) is 0 Å². The number of rotatable bonds is 4. The molecule has 4 rings (SSSR count). The fraction of sp³-hybridized carbons (Fsp3) is 0.316. The van der Waals surface area contributed by atoms with Gasteiger partial charge in [0.15, 0.2) is 5.69 Å². The van der Waals surface area contributed by atoms with E-state index >= 15 is 0 Å². The van der Waals surface area contributed by atoms with E-state index in [1.807, 2.05) is 0 Å². The fourth-order valence-corrected chi connectivity index (χ4v) is 4.26.